The normalized spacial score (nSPS) is 56.2. The van der Waals surface area contributed by atoms with Crippen molar-refractivity contribution in [3.8, 4) is 0 Å². The van der Waals surface area contributed by atoms with E-state index in [1.807, 2.05) is 0 Å². The van der Waals surface area contributed by atoms with Crippen molar-refractivity contribution in [2.75, 3.05) is 13.2 Å². The van der Waals surface area contributed by atoms with Crippen molar-refractivity contribution < 1.29 is 124 Å². The van der Waals surface area contributed by atoms with Crippen LogP contribution in [0.4, 0.5) is 0 Å². The van der Waals surface area contributed by atoms with Gasteiger partial charge in [0.05, 0.1) is 49.8 Å². The maximum atomic E-state index is 11.3. The fraction of sp³-hybridized carbons (Fsp3) is 0.961. The van der Waals surface area contributed by atoms with Crippen LogP contribution in [0.15, 0.2) is 11.6 Å². The van der Waals surface area contributed by atoms with Gasteiger partial charge in [-0.1, -0.05) is 25.5 Å². The van der Waals surface area contributed by atoms with E-state index in [2.05, 4.69) is 19.9 Å². The van der Waals surface area contributed by atoms with Gasteiger partial charge in [0.1, 0.15) is 104 Å². The Labute approximate surface area is 440 Å². The lowest BCUT2D eigenvalue weighted by Crippen LogP contribution is -2.65. The molecule has 0 spiro atoms. The first-order chi connectivity index (χ1) is 35.8. The summed E-state index contributed by atoms with van der Waals surface area (Å²) >= 11 is 0. The van der Waals surface area contributed by atoms with Gasteiger partial charge in [0.2, 0.25) is 0 Å². The van der Waals surface area contributed by atoms with E-state index in [0.29, 0.717) is 19.3 Å². The maximum absolute atomic E-state index is 11.3. The molecule has 9 aliphatic rings. The molecule has 8 fully saturated rings. The van der Waals surface area contributed by atoms with Gasteiger partial charge in [-0.05, 0) is 101 Å². The quantitative estimate of drug-likeness (QED) is 0.0773. The molecule has 5 heterocycles. The smallest absolute Gasteiger partial charge is 0.187 e. The molecule has 0 aromatic rings. The summed E-state index contributed by atoms with van der Waals surface area (Å²) in [4.78, 5) is 0. The molecule has 15 N–H and O–H groups in total. The largest absolute Gasteiger partial charge is 0.394 e. The van der Waals surface area contributed by atoms with E-state index in [0.717, 1.165) is 25.7 Å². The molecule has 76 heavy (non-hydrogen) atoms. The molecule has 0 radical (unpaired) electrons. The highest BCUT2D eigenvalue weighted by molar-refractivity contribution is 5.26. The van der Waals surface area contributed by atoms with Gasteiger partial charge in [-0.25, -0.2) is 0 Å². The molecule has 25 nitrogen and oxygen atoms in total. The fourth-order valence-corrected chi connectivity index (χ4v) is 14.7. The average Bonchev–Trinajstić information content (AvgIpc) is 3.77. The van der Waals surface area contributed by atoms with E-state index in [1.165, 1.54) is 26.3 Å². The predicted molar refractivity (Wildman–Crippen MR) is 253 cm³/mol. The van der Waals surface area contributed by atoms with Crippen molar-refractivity contribution in [1.29, 1.82) is 0 Å². The van der Waals surface area contributed by atoms with Crippen LogP contribution in [0.5, 0.6) is 0 Å². The molecule has 4 aliphatic carbocycles. The zero-order valence-corrected chi connectivity index (χ0v) is 43.7. The highest BCUT2D eigenvalue weighted by atomic mass is 16.8. The Balaban J connectivity index is 0.783. The minimum Gasteiger partial charge on any atom is -0.394 e. The first kappa shape index (κ1) is 59.4. The Kier molecular flexibility index (Phi) is 18.1. The standard InChI is InChI=1S/C51H84O25/c1-17(53)29-26(72-49-40(64)34(58)31(55)27(15-52)73-49)14-25-23-8-7-21-13-22(9-11-50(21,5)24(23)10-12-51(25,29)6)71-48-39(63)35(59)32(56)28(74-48)16-67-45-41(65)36(60)43(19(3)69-45)76-47-42(66)37(61)44(20(4)70-47)75-46-38(62)33(57)30(54)18(2)68-46/h7,17-20,22-49,52-66H,8-16H2,1-6H3/t17?,18-,19+,20-,22+,23?,24?,25?,26-,27-,28-,29+,30-,31-,32-,33+,34+,35+,36+,37-,38-,39-,40-,41-,42-,43+,44-,45-,46+,47+,48-,49-,50+,51+/m1/s1. The lowest BCUT2D eigenvalue weighted by atomic mass is 9.47. The van der Waals surface area contributed by atoms with Crippen molar-refractivity contribution in [2.24, 2.45) is 34.5 Å². The van der Waals surface area contributed by atoms with E-state index >= 15 is 0 Å². The Morgan fingerprint density at radius 3 is 1.64 bits per heavy atom. The number of rotatable bonds is 13. The summed E-state index contributed by atoms with van der Waals surface area (Å²) in [5.74, 6) is 0.312. The van der Waals surface area contributed by atoms with Gasteiger partial charge in [-0.2, -0.15) is 0 Å². The molecule has 9 rings (SSSR count). The summed E-state index contributed by atoms with van der Waals surface area (Å²) in [6.45, 7) is 9.54. The Bertz CT molecular complexity index is 1970. The third-order valence-corrected chi connectivity index (χ3v) is 19.2. The number of fused-ring (bicyclic) bond motifs is 5. The predicted octanol–water partition coefficient (Wildman–Crippen LogP) is -4.52. The van der Waals surface area contributed by atoms with Crippen molar-refractivity contribution in [1.82, 2.24) is 0 Å². The topological polar surface area (TPSA) is 396 Å². The van der Waals surface area contributed by atoms with Crippen LogP contribution in [0.1, 0.15) is 86.5 Å². The van der Waals surface area contributed by atoms with Crippen LogP contribution in [-0.4, -0.2) is 262 Å². The number of aliphatic hydroxyl groups excluding tert-OH is 15. The lowest BCUT2D eigenvalue weighted by molar-refractivity contribution is -0.375. The molecule has 4 unspecified atom stereocenters. The number of allylic oxidation sites excluding steroid dienone is 1. The summed E-state index contributed by atoms with van der Waals surface area (Å²) < 4.78 is 59.2. The minimum absolute atomic E-state index is 0.128. The van der Waals surface area contributed by atoms with E-state index in [4.69, 9.17) is 47.4 Å². The van der Waals surface area contributed by atoms with Crippen LogP contribution in [-0.2, 0) is 47.4 Å². The molecule has 0 aromatic heterocycles. The first-order valence-electron chi connectivity index (χ1n) is 27.1. The Hall–Kier alpha value is -1.26. The summed E-state index contributed by atoms with van der Waals surface area (Å²) in [6, 6.07) is 0. The van der Waals surface area contributed by atoms with Gasteiger partial charge in [-0.15, -0.1) is 0 Å². The zero-order valence-electron chi connectivity index (χ0n) is 43.7. The van der Waals surface area contributed by atoms with Crippen molar-refractivity contribution >= 4 is 0 Å². The maximum Gasteiger partial charge on any atom is 0.187 e. The summed E-state index contributed by atoms with van der Waals surface area (Å²) in [5, 5.41) is 161. The first-order valence-corrected chi connectivity index (χ1v) is 27.1. The van der Waals surface area contributed by atoms with Gasteiger partial charge < -0.3 is 124 Å². The molecule has 3 saturated carbocycles. The second-order valence-corrected chi connectivity index (χ2v) is 23.8. The van der Waals surface area contributed by atoms with Crippen molar-refractivity contribution in [2.45, 2.75) is 258 Å². The Morgan fingerprint density at radius 2 is 1.05 bits per heavy atom. The summed E-state index contributed by atoms with van der Waals surface area (Å²) in [7, 11) is 0. The molecule has 0 bridgehead atoms. The molecule has 34 atom stereocenters. The van der Waals surface area contributed by atoms with Crippen LogP contribution < -0.4 is 0 Å². The second kappa shape index (κ2) is 23.2. The average molecular weight is 1100 g/mol. The van der Waals surface area contributed by atoms with Crippen LogP contribution >= 0.6 is 0 Å². The number of hydrogen-bond acceptors (Lipinski definition) is 25. The third-order valence-electron chi connectivity index (χ3n) is 19.2. The molecule has 5 aliphatic heterocycles. The molecule has 25 heteroatoms. The highest BCUT2D eigenvalue weighted by Gasteiger charge is 2.64. The lowest BCUT2D eigenvalue weighted by Gasteiger charge is -2.58. The van der Waals surface area contributed by atoms with Gasteiger partial charge in [0, 0.05) is 5.92 Å². The van der Waals surface area contributed by atoms with Crippen molar-refractivity contribution in [3.05, 3.63) is 11.6 Å². The van der Waals surface area contributed by atoms with Gasteiger partial charge in [0.25, 0.3) is 0 Å². The van der Waals surface area contributed by atoms with Gasteiger partial charge in [0.15, 0.2) is 31.5 Å². The minimum atomic E-state index is -1.80. The van der Waals surface area contributed by atoms with Gasteiger partial charge >= 0.3 is 0 Å². The monoisotopic (exact) mass is 1100 g/mol. The van der Waals surface area contributed by atoms with Crippen LogP contribution in [0.3, 0.4) is 0 Å². The van der Waals surface area contributed by atoms with Crippen LogP contribution in [0, 0.1) is 34.5 Å². The number of aliphatic hydroxyl groups is 15. The van der Waals surface area contributed by atoms with Crippen LogP contribution in [0.25, 0.3) is 0 Å². The number of ether oxygens (including phenoxy) is 10. The zero-order chi connectivity index (χ0) is 55.2. The molecule has 438 valence electrons. The molecular weight excluding hydrogens is 1010 g/mol. The molecule has 0 amide bonds. The fourth-order valence-electron chi connectivity index (χ4n) is 14.7. The van der Waals surface area contributed by atoms with E-state index in [9.17, 15) is 76.6 Å². The van der Waals surface area contributed by atoms with E-state index in [-0.39, 0.29) is 34.5 Å². The summed E-state index contributed by atoms with van der Waals surface area (Å²) in [5.41, 5.74) is 0.667. The van der Waals surface area contributed by atoms with Crippen molar-refractivity contribution in [3.63, 3.8) is 0 Å². The van der Waals surface area contributed by atoms with Crippen LogP contribution in [0.2, 0.25) is 0 Å². The summed E-state index contributed by atoms with van der Waals surface area (Å²) in [6.07, 6.45) is -31.5. The van der Waals surface area contributed by atoms with E-state index < -0.39 is 185 Å². The van der Waals surface area contributed by atoms with E-state index in [1.54, 1.807) is 6.92 Å². The SMILES string of the molecule is CC(O)[C@H]1[C@H](O[C@@H]2O[C@H](CO)[C@@H](O)[C@H](O)[C@H]2O)CC2C3CC=C4C[C@@H](O[C@@H]5O[C@H](CO[C@@H]6O[C@@H](C)[C@H](O[C@@H]7O[C@H](C)[C@@H](O[C@@H]8O[C@H](C)[C@@H](O)[C@H](O)[C@H]8O)[C@H](O)[C@H]7O)[C@@H](O)[C@H]6O)[C@@H](O)[C@H](O)[C@H]5O)CC[C@]4(C)C3CC[C@@]21C. The Morgan fingerprint density at radius 1 is 0.553 bits per heavy atom. The van der Waals surface area contributed by atoms with Gasteiger partial charge in [-0.3, -0.25) is 0 Å². The second-order valence-electron chi connectivity index (χ2n) is 23.8. The molecule has 5 saturated heterocycles. The number of hydrogen-bond donors (Lipinski definition) is 15. The highest BCUT2D eigenvalue weighted by Crippen LogP contribution is 2.67. The molecule has 0 aromatic carbocycles. The third kappa shape index (κ3) is 10.7. The molecular formula is C51H84O25.